The summed E-state index contributed by atoms with van der Waals surface area (Å²) in [7, 11) is 0. The van der Waals surface area contributed by atoms with Crippen molar-refractivity contribution in [3.05, 3.63) is 35.9 Å². The van der Waals surface area contributed by atoms with Gasteiger partial charge in [-0.1, -0.05) is 30.3 Å². The van der Waals surface area contributed by atoms with Crippen LogP contribution in [0.1, 0.15) is 26.3 Å². The number of rotatable bonds is 4. The van der Waals surface area contributed by atoms with Crippen molar-refractivity contribution in [2.24, 2.45) is 5.92 Å². The number of carbonyl (C=O) groups is 1. The third-order valence-electron chi connectivity index (χ3n) is 3.50. The molecule has 2 rings (SSSR count). The smallest absolute Gasteiger partial charge is 0.410 e. The molecule has 0 spiro atoms. The summed E-state index contributed by atoms with van der Waals surface area (Å²) in [5.74, 6) is -0.0729. The molecule has 0 aromatic heterocycles. The van der Waals surface area contributed by atoms with E-state index >= 15 is 0 Å². The lowest BCUT2D eigenvalue weighted by molar-refractivity contribution is 0.0268. The number of ether oxygens (including phenoxy) is 2. The summed E-state index contributed by atoms with van der Waals surface area (Å²) in [5.41, 5.74) is 0.572. The van der Waals surface area contributed by atoms with Gasteiger partial charge in [-0.15, -0.1) is 0 Å². The van der Waals surface area contributed by atoms with Crippen molar-refractivity contribution >= 4 is 6.09 Å². The molecule has 0 aliphatic carbocycles. The number of carbonyl (C=O) groups excluding carboxylic acids is 1. The zero-order chi connectivity index (χ0) is 16.2. The molecule has 5 nitrogen and oxygen atoms in total. The largest absolute Gasteiger partial charge is 0.444 e. The molecular weight excluding hydrogens is 282 g/mol. The van der Waals surface area contributed by atoms with Crippen molar-refractivity contribution in [3.63, 3.8) is 0 Å². The van der Waals surface area contributed by atoms with Crippen LogP contribution in [0.2, 0.25) is 0 Å². The van der Waals surface area contributed by atoms with Gasteiger partial charge in [-0.2, -0.15) is 0 Å². The predicted octanol–water partition coefficient (Wildman–Crippen LogP) is 2.43. The van der Waals surface area contributed by atoms with Crippen LogP contribution in [0.25, 0.3) is 0 Å². The molecule has 0 unspecified atom stereocenters. The summed E-state index contributed by atoms with van der Waals surface area (Å²) in [6.45, 7) is 7.19. The maximum Gasteiger partial charge on any atom is 0.410 e. The average Bonchev–Trinajstić information content (AvgIpc) is 2.80. The number of nitrogens with zero attached hydrogens (tertiary/aromatic N) is 1. The van der Waals surface area contributed by atoms with E-state index in [-0.39, 0.29) is 12.0 Å². The second kappa shape index (κ2) is 7.11. The van der Waals surface area contributed by atoms with Crippen LogP contribution in [0.5, 0.6) is 0 Å². The number of benzene rings is 1. The van der Waals surface area contributed by atoms with Gasteiger partial charge in [0.15, 0.2) is 0 Å². The van der Waals surface area contributed by atoms with Gasteiger partial charge in [0.05, 0.1) is 25.9 Å². The molecule has 0 bridgehead atoms. The maximum absolute atomic E-state index is 12.0. The quantitative estimate of drug-likeness (QED) is 0.928. The van der Waals surface area contributed by atoms with Gasteiger partial charge in [-0.25, -0.2) is 4.79 Å². The molecule has 1 saturated heterocycles. The van der Waals surface area contributed by atoms with Crippen LogP contribution in [0.15, 0.2) is 30.3 Å². The summed E-state index contributed by atoms with van der Waals surface area (Å²) in [4.78, 5) is 13.5. The van der Waals surface area contributed by atoms with E-state index in [9.17, 15) is 9.90 Å². The normalized spacial score (nSPS) is 21.9. The highest BCUT2D eigenvalue weighted by molar-refractivity contribution is 5.68. The summed E-state index contributed by atoms with van der Waals surface area (Å²) in [6.07, 6.45) is -0.944. The van der Waals surface area contributed by atoms with Gasteiger partial charge in [-0.3, -0.25) is 0 Å². The van der Waals surface area contributed by atoms with E-state index in [1.165, 1.54) is 0 Å². The van der Waals surface area contributed by atoms with Crippen LogP contribution in [-0.2, 0) is 16.1 Å². The number of hydrogen-bond acceptors (Lipinski definition) is 4. The molecule has 122 valence electrons. The molecule has 1 aliphatic heterocycles. The molecule has 1 heterocycles. The van der Waals surface area contributed by atoms with Crippen LogP contribution >= 0.6 is 0 Å². The Morgan fingerprint density at radius 3 is 2.59 bits per heavy atom. The van der Waals surface area contributed by atoms with E-state index in [0.29, 0.717) is 26.3 Å². The average molecular weight is 307 g/mol. The van der Waals surface area contributed by atoms with Gasteiger partial charge in [0.1, 0.15) is 5.60 Å². The minimum atomic E-state index is -0.566. The molecule has 1 aromatic carbocycles. The highest BCUT2D eigenvalue weighted by Gasteiger charge is 2.36. The first kappa shape index (κ1) is 16.8. The number of hydrogen-bond donors (Lipinski definition) is 1. The van der Waals surface area contributed by atoms with Gasteiger partial charge < -0.3 is 19.5 Å². The first-order valence-electron chi connectivity index (χ1n) is 7.63. The summed E-state index contributed by atoms with van der Waals surface area (Å²) in [5, 5.41) is 10.1. The Bertz CT molecular complexity index is 483. The Balaban J connectivity index is 1.77. The molecule has 2 atom stereocenters. The minimum absolute atomic E-state index is 0.0729. The Morgan fingerprint density at radius 1 is 1.27 bits per heavy atom. The molecule has 1 aliphatic rings. The zero-order valence-electron chi connectivity index (χ0n) is 13.5. The highest BCUT2D eigenvalue weighted by atomic mass is 16.6. The topological polar surface area (TPSA) is 59.0 Å². The SMILES string of the molecule is CC(C)(C)OC(=O)N1C[C@H](COCc2ccccc2)[C@@H](O)C1. The summed E-state index contributed by atoms with van der Waals surface area (Å²) >= 11 is 0. The Hall–Kier alpha value is -1.59. The van der Waals surface area contributed by atoms with Gasteiger partial charge in [0.25, 0.3) is 0 Å². The first-order chi connectivity index (χ1) is 10.3. The number of aliphatic hydroxyl groups is 1. The zero-order valence-corrected chi connectivity index (χ0v) is 13.5. The Morgan fingerprint density at radius 2 is 1.95 bits per heavy atom. The second-order valence-electron chi connectivity index (χ2n) is 6.71. The molecule has 1 amide bonds. The Labute approximate surface area is 131 Å². The van der Waals surface area contributed by atoms with Crippen molar-refractivity contribution in [2.75, 3.05) is 19.7 Å². The van der Waals surface area contributed by atoms with Crippen molar-refractivity contribution in [2.45, 2.75) is 39.1 Å². The van der Waals surface area contributed by atoms with Crippen LogP contribution in [-0.4, -0.2) is 47.5 Å². The van der Waals surface area contributed by atoms with Crippen LogP contribution < -0.4 is 0 Å². The van der Waals surface area contributed by atoms with Gasteiger partial charge in [-0.05, 0) is 26.3 Å². The fraction of sp³-hybridized carbons (Fsp3) is 0.588. The molecule has 1 N–H and O–H groups in total. The third-order valence-corrected chi connectivity index (χ3v) is 3.50. The molecule has 0 radical (unpaired) electrons. The minimum Gasteiger partial charge on any atom is -0.444 e. The molecule has 1 fully saturated rings. The van der Waals surface area contributed by atoms with Gasteiger partial charge >= 0.3 is 6.09 Å². The molecular formula is C17H25NO4. The van der Waals surface area contributed by atoms with E-state index in [1.807, 2.05) is 51.1 Å². The van der Waals surface area contributed by atoms with Crippen LogP contribution in [0.4, 0.5) is 4.79 Å². The Kier molecular flexibility index (Phi) is 5.42. The second-order valence-corrected chi connectivity index (χ2v) is 6.71. The predicted molar refractivity (Wildman–Crippen MR) is 83.4 cm³/mol. The molecule has 1 aromatic rings. The fourth-order valence-corrected chi connectivity index (χ4v) is 2.40. The number of β-amino-alcohol motifs (C(OH)–C–C–N with tert-alkyl or cyclic N) is 1. The van der Waals surface area contributed by atoms with E-state index in [0.717, 1.165) is 5.56 Å². The summed E-state index contributed by atoms with van der Waals surface area (Å²) < 4.78 is 11.0. The standard InChI is InChI=1S/C17H25NO4/c1-17(2,3)22-16(20)18-9-14(15(19)10-18)12-21-11-13-7-5-4-6-8-13/h4-8,14-15,19H,9-12H2,1-3H3/t14-,15+/m1/s1. The lowest BCUT2D eigenvalue weighted by Gasteiger charge is -2.24. The van der Waals surface area contributed by atoms with E-state index in [4.69, 9.17) is 9.47 Å². The van der Waals surface area contributed by atoms with E-state index in [2.05, 4.69) is 0 Å². The van der Waals surface area contributed by atoms with Crippen LogP contribution in [0, 0.1) is 5.92 Å². The van der Waals surface area contributed by atoms with E-state index in [1.54, 1.807) is 4.90 Å². The highest BCUT2D eigenvalue weighted by Crippen LogP contribution is 2.20. The van der Waals surface area contributed by atoms with Gasteiger partial charge in [0, 0.05) is 12.5 Å². The lowest BCUT2D eigenvalue weighted by Crippen LogP contribution is -2.36. The maximum atomic E-state index is 12.0. The fourth-order valence-electron chi connectivity index (χ4n) is 2.40. The summed E-state index contributed by atoms with van der Waals surface area (Å²) in [6, 6.07) is 9.89. The van der Waals surface area contributed by atoms with Crippen LogP contribution in [0.3, 0.4) is 0 Å². The van der Waals surface area contributed by atoms with E-state index < -0.39 is 11.7 Å². The molecule has 5 heteroatoms. The van der Waals surface area contributed by atoms with Crippen molar-refractivity contribution in [1.82, 2.24) is 4.90 Å². The molecule has 22 heavy (non-hydrogen) atoms. The number of likely N-dealkylation sites (tertiary alicyclic amines) is 1. The monoisotopic (exact) mass is 307 g/mol. The van der Waals surface area contributed by atoms with Crippen molar-refractivity contribution in [1.29, 1.82) is 0 Å². The molecule has 0 saturated carbocycles. The number of aliphatic hydroxyl groups excluding tert-OH is 1. The third kappa shape index (κ3) is 5.00. The van der Waals surface area contributed by atoms with Crippen molar-refractivity contribution in [3.8, 4) is 0 Å². The van der Waals surface area contributed by atoms with Crippen molar-refractivity contribution < 1.29 is 19.4 Å². The van der Waals surface area contributed by atoms with Gasteiger partial charge in [0.2, 0.25) is 0 Å². The lowest BCUT2D eigenvalue weighted by atomic mass is 10.1. The first-order valence-corrected chi connectivity index (χ1v) is 7.63. The number of amides is 1.